The smallest absolute Gasteiger partial charge is 0.270 e. The van der Waals surface area contributed by atoms with Gasteiger partial charge >= 0.3 is 0 Å². The van der Waals surface area contributed by atoms with Crippen molar-refractivity contribution in [2.45, 2.75) is 32.1 Å². The highest BCUT2D eigenvalue weighted by Crippen LogP contribution is 2.37. The van der Waals surface area contributed by atoms with E-state index in [2.05, 4.69) is 23.3 Å². The van der Waals surface area contributed by atoms with Gasteiger partial charge < -0.3 is 10.3 Å². The zero-order valence-electron chi connectivity index (χ0n) is 13.3. The van der Waals surface area contributed by atoms with Crippen LogP contribution in [0.25, 0.3) is 11.6 Å². The van der Waals surface area contributed by atoms with E-state index in [1.54, 1.807) is 12.1 Å². The Bertz CT molecular complexity index is 895. The van der Waals surface area contributed by atoms with Gasteiger partial charge in [-0.3, -0.25) is 14.9 Å². The maximum Gasteiger partial charge on any atom is 0.270 e. The van der Waals surface area contributed by atoms with E-state index in [1.807, 2.05) is 0 Å². The van der Waals surface area contributed by atoms with Crippen LogP contribution in [-0.4, -0.2) is 15.8 Å². The molecule has 0 fully saturated rings. The molecule has 0 radical (unpaired) electrons. The van der Waals surface area contributed by atoms with Crippen molar-refractivity contribution in [3.05, 3.63) is 56.9 Å². The molecular weight excluding hydrogens is 306 g/mol. The number of hydrogen-bond donors (Lipinski definition) is 2. The molecule has 0 spiro atoms. The predicted molar refractivity (Wildman–Crippen MR) is 91.7 cm³/mol. The lowest BCUT2D eigenvalue weighted by atomic mass is 9.88. The van der Waals surface area contributed by atoms with Gasteiger partial charge in [-0.05, 0) is 49.0 Å². The lowest BCUT2D eigenvalue weighted by molar-refractivity contribution is -0.384. The number of benzene rings is 1. The van der Waals surface area contributed by atoms with Crippen LogP contribution in [0.2, 0.25) is 0 Å². The molecule has 1 aromatic heterocycles. The number of amides is 1. The Hall–Kier alpha value is -2.89. The molecule has 24 heavy (non-hydrogen) atoms. The van der Waals surface area contributed by atoms with E-state index in [9.17, 15) is 14.9 Å². The number of nitro groups is 1. The third-order valence-electron chi connectivity index (χ3n) is 4.85. The van der Waals surface area contributed by atoms with Crippen molar-refractivity contribution in [2.75, 3.05) is 5.32 Å². The molecule has 6 nitrogen and oxygen atoms in total. The molecule has 1 aliphatic carbocycles. The Morgan fingerprint density at radius 2 is 2.17 bits per heavy atom. The van der Waals surface area contributed by atoms with E-state index < -0.39 is 4.92 Å². The van der Waals surface area contributed by atoms with Crippen molar-refractivity contribution < 1.29 is 9.72 Å². The molecule has 1 atom stereocenters. The molecule has 2 N–H and O–H groups in total. The molecule has 6 heteroatoms. The van der Waals surface area contributed by atoms with Gasteiger partial charge in [0.15, 0.2) is 0 Å². The predicted octanol–water partition coefficient (Wildman–Crippen LogP) is 3.86. The first-order valence-electron chi connectivity index (χ1n) is 8.06. The number of aryl methyl sites for hydroxylation is 1. The Balaban J connectivity index is 1.77. The fourth-order valence-electron chi connectivity index (χ4n) is 3.59. The maximum absolute atomic E-state index is 12.3. The van der Waals surface area contributed by atoms with Crippen molar-refractivity contribution in [1.82, 2.24) is 4.98 Å². The summed E-state index contributed by atoms with van der Waals surface area (Å²) in [5, 5.41) is 13.8. The van der Waals surface area contributed by atoms with Gasteiger partial charge in [-0.25, -0.2) is 0 Å². The molecule has 0 bridgehead atoms. The first-order chi connectivity index (χ1) is 11.5. The Labute approximate surface area is 138 Å². The third-order valence-corrected chi connectivity index (χ3v) is 4.85. The quantitative estimate of drug-likeness (QED) is 0.500. The van der Waals surface area contributed by atoms with Crippen LogP contribution in [-0.2, 0) is 11.2 Å². The number of hydrogen-bond acceptors (Lipinski definition) is 3. The minimum absolute atomic E-state index is 0.0180. The normalized spacial score (nSPS) is 20.6. The summed E-state index contributed by atoms with van der Waals surface area (Å²) in [6.07, 6.45) is 5.16. The van der Waals surface area contributed by atoms with Crippen molar-refractivity contribution >= 4 is 28.9 Å². The summed E-state index contributed by atoms with van der Waals surface area (Å²) in [4.78, 5) is 26.2. The minimum atomic E-state index is -0.449. The van der Waals surface area contributed by atoms with Crippen molar-refractivity contribution in [3.63, 3.8) is 0 Å². The summed E-state index contributed by atoms with van der Waals surface area (Å²) >= 11 is 0. The molecule has 4 rings (SSSR count). The number of nitro benzene ring substituents is 1. The fourth-order valence-corrected chi connectivity index (χ4v) is 3.59. The van der Waals surface area contributed by atoms with Crippen LogP contribution in [0.15, 0.2) is 24.3 Å². The number of nitrogens with one attached hydrogen (secondary N) is 2. The summed E-state index contributed by atoms with van der Waals surface area (Å²) < 4.78 is 0. The first kappa shape index (κ1) is 14.7. The number of rotatable bonds is 2. The van der Waals surface area contributed by atoms with E-state index in [-0.39, 0.29) is 11.6 Å². The summed E-state index contributed by atoms with van der Waals surface area (Å²) in [5.41, 5.74) is 5.05. The highest BCUT2D eigenvalue weighted by molar-refractivity contribution is 6.35. The Morgan fingerprint density at radius 1 is 1.33 bits per heavy atom. The van der Waals surface area contributed by atoms with Crippen molar-refractivity contribution in [3.8, 4) is 0 Å². The van der Waals surface area contributed by atoms with Crippen LogP contribution in [0.1, 0.15) is 48.2 Å². The van der Waals surface area contributed by atoms with Crippen LogP contribution in [0.3, 0.4) is 0 Å². The first-order valence-corrected chi connectivity index (χ1v) is 8.06. The number of nitrogens with zero attached hydrogens (tertiary/aromatic N) is 1. The maximum atomic E-state index is 12.3. The number of carbonyl (C=O) groups is 1. The van der Waals surface area contributed by atoms with Crippen molar-refractivity contribution in [2.24, 2.45) is 0 Å². The van der Waals surface area contributed by atoms with Crippen LogP contribution in [0.5, 0.6) is 0 Å². The number of non-ortho nitro benzene ring substituents is 1. The number of H-pyrrole nitrogens is 1. The highest BCUT2D eigenvalue weighted by Gasteiger charge is 2.27. The van der Waals surface area contributed by atoms with E-state index in [0.29, 0.717) is 22.7 Å². The lowest BCUT2D eigenvalue weighted by Gasteiger charge is -2.17. The standard InChI is InChI=1S/C18H17N3O3/c1-10-3-2-4-16-13(10)7-11(19-16)8-15-14-9-12(21(23)24)5-6-17(14)20-18(15)22/h5-10,19H,2-4H2,1H3,(H,20,22). The number of fused-ring (bicyclic) bond motifs is 2. The van der Waals surface area contributed by atoms with Gasteiger partial charge in [0.2, 0.25) is 0 Å². The number of anilines is 1. The summed E-state index contributed by atoms with van der Waals surface area (Å²) in [6, 6.07) is 6.52. The van der Waals surface area contributed by atoms with Crippen LogP contribution in [0.4, 0.5) is 11.4 Å². The summed E-state index contributed by atoms with van der Waals surface area (Å²) in [6.45, 7) is 2.21. The van der Waals surface area contributed by atoms with Gasteiger partial charge in [0.05, 0.1) is 10.5 Å². The molecule has 122 valence electrons. The van der Waals surface area contributed by atoms with Crippen molar-refractivity contribution in [1.29, 1.82) is 0 Å². The largest absolute Gasteiger partial charge is 0.359 e. The molecule has 1 aliphatic heterocycles. The lowest BCUT2D eigenvalue weighted by Crippen LogP contribution is -2.04. The van der Waals surface area contributed by atoms with E-state index in [1.165, 1.54) is 36.2 Å². The topological polar surface area (TPSA) is 88.0 Å². The van der Waals surface area contributed by atoms with Gasteiger partial charge in [0.25, 0.3) is 11.6 Å². The number of carbonyl (C=O) groups excluding carboxylic acids is 1. The second-order valence-corrected chi connectivity index (χ2v) is 6.45. The molecule has 1 unspecified atom stereocenters. The van der Waals surface area contributed by atoms with Gasteiger partial charge in [0.1, 0.15) is 0 Å². The minimum Gasteiger partial charge on any atom is -0.359 e. The summed E-state index contributed by atoms with van der Waals surface area (Å²) in [5.74, 6) is 0.286. The van der Waals surface area contributed by atoms with Crippen LogP contribution in [0, 0.1) is 10.1 Å². The van der Waals surface area contributed by atoms with Gasteiger partial charge in [-0.15, -0.1) is 0 Å². The van der Waals surface area contributed by atoms with Crippen LogP contribution < -0.4 is 5.32 Å². The van der Waals surface area contributed by atoms with E-state index >= 15 is 0 Å². The number of aromatic amines is 1. The fraction of sp³-hybridized carbons (Fsp3) is 0.278. The van der Waals surface area contributed by atoms with E-state index in [0.717, 1.165) is 12.1 Å². The summed E-state index contributed by atoms with van der Waals surface area (Å²) in [7, 11) is 0. The molecule has 0 saturated heterocycles. The van der Waals surface area contributed by atoms with Crippen LogP contribution >= 0.6 is 0 Å². The Morgan fingerprint density at radius 3 is 2.92 bits per heavy atom. The molecule has 1 amide bonds. The second kappa shape index (κ2) is 5.33. The Kier molecular flexibility index (Phi) is 3.26. The molecule has 0 saturated carbocycles. The average Bonchev–Trinajstić information content (AvgIpc) is 3.09. The van der Waals surface area contributed by atoms with Gasteiger partial charge in [-0.2, -0.15) is 0 Å². The molecular formula is C18H17N3O3. The van der Waals surface area contributed by atoms with Gasteiger partial charge in [0, 0.05) is 34.8 Å². The number of aromatic nitrogens is 1. The zero-order valence-corrected chi connectivity index (χ0v) is 13.3. The monoisotopic (exact) mass is 323 g/mol. The molecule has 2 aliphatic rings. The average molecular weight is 323 g/mol. The molecule has 2 aromatic rings. The highest BCUT2D eigenvalue weighted by atomic mass is 16.6. The molecule has 2 heterocycles. The third kappa shape index (κ3) is 2.31. The van der Waals surface area contributed by atoms with E-state index in [4.69, 9.17) is 0 Å². The molecule has 1 aromatic carbocycles. The second-order valence-electron chi connectivity index (χ2n) is 6.45. The zero-order chi connectivity index (χ0) is 16.8. The van der Waals surface area contributed by atoms with Gasteiger partial charge in [-0.1, -0.05) is 6.92 Å². The SMILES string of the molecule is CC1CCCc2[nH]c(C=C3C(=O)Nc4ccc([N+](=O)[O-])cc43)cc21.